The van der Waals surface area contributed by atoms with Gasteiger partial charge >= 0.3 is 0 Å². The van der Waals surface area contributed by atoms with Gasteiger partial charge in [0.1, 0.15) is 16.4 Å². The van der Waals surface area contributed by atoms with E-state index in [0.29, 0.717) is 25.4 Å². The van der Waals surface area contributed by atoms with E-state index >= 15 is 0 Å². The molecule has 0 bridgehead atoms. The monoisotopic (exact) mass is 447 g/mol. The van der Waals surface area contributed by atoms with Gasteiger partial charge in [-0.1, -0.05) is 31.1 Å². The zero-order valence-corrected chi connectivity index (χ0v) is 19.7. The maximum atomic E-state index is 13.5. The first-order valence-electron chi connectivity index (χ1n) is 11.1. The minimum Gasteiger partial charge on any atom is -0.492 e. The van der Waals surface area contributed by atoms with E-state index in [1.807, 2.05) is 19.9 Å². The van der Waals surface area contributed by atoms with Crippen molar-refractivity contribution in [2.75, 3.05) is 32.8 Å². The fourth-order valence-electron chi connectivity index (χ4n) is 4.67. The van der Waals surface area contributed by atoms with Crippen LogP contribution in [-0.4, -0.2) is 55.6 Å². The van der Waals surface area contributed by atoms with Gasteiger partial charge in [-0.2, -0.15) is 4.31 Å². The molecule has 8 heteroatoms. The van der Waals surface area contributed by atoms with Crippen LogP contribution in [0.2, 0.25) is 0 Å². The number of fused-ring (bicyclic) bond motifs is 1. The molecule has 0 atom stereocenters. The molecule has 2 aliphatic rings. The number of hydrogen-bond acceptors (Lipinski definition) is 6. The minimum atomic E-state index is -3.60. The molecule has 0 amide bonds. The van der Waals surface area contributed by atoms with E-state index in [9.17, 15) is 8.42 Å². The molecular weight excluding hydrogens is 414 g/mol. The van der Waals surface area contributed by atoms with E-state index in [1.165, 1.54) is 0 Å². The van der Waals surface area contributed by atoms with Crippen LogP contribution in [0.15, 0.2) is 33.7 Å². The molecule has 7 nitrogen and oxygen atoms in total. The predicted octanol–water partition coefficient (Wildman–Crippen LogP) is 3.61. The Morgan fingerprint density at radius 1 is 1.16 bits per heavy atom. The van der Waals surface area contributed by atoms with Crippen molar-refractivity contribution >= 4 is 10.0 Å². The molecule has 1 fully saturated rings. The van der Waals surface area contributed by atoms with Gasteiger partial charge in [0.05, 0.1) is 12.3 Å². The quantitative estimate of drug-likeness (QED) is 0.713. The number of rotatable bonds is 4. The highest BCUT2D eigenvalue weighted by atomic mass is 32.2. The van der Waals surface area contributed by atoms with E-state index in [4.69, 9.17) is 9.26 Å². The van der Waals surface area contributed by atoms with Gasteiger partial charge in [-0.15, -0.1) is 0 Å². The number of piperidine rings is 1. The van der Waals surface area contributed by atoms with Crippen LogP contribution in [-0.2, 0) is 16.6 Å². The number of ether oxygens (including phenoxy) is 1. The Kier molecular flexibility index (Phi) is 6.16. The average molecular weight is 448 g/mol. The molecule has 1 aromatic carbocycles. The number of hydrogen-bond donors (Lipinski definition) is 0. The summed E-state index contributed by atoms with van der Waals surface area (Å²) in [6, 6.07) is 7.02. The van der Waals surface area contributed by atoms with Crippen LogP contribution in [0.5, 0.6) is 5.75 Å². The molecule has 3 heterocycles. The molecule has 0 unspecified atom stereocenters. The van der Waals surface area contributed by atoms with E-state index in [1.54, 1.807) is 22.5 Å². The lowest BCUT2D eigenvalue weighted by atomic mass is 9.78. The van der Waals surface area contributed by atoms with Crippen molar-refractivity contribution in [2.24, 2.45) is 11.3 Å². The number of para-hydroxylation sites is 1. The molecule has 2 aliphatic heterocycles. The molecule has 1 aromatic heterocycles. The molecule has 31 heavy (non-hydrogen) atoms. The van der Waals surface area contributed by atoms with Gasteiger partial charge in [0, 0.05) is 30.6 Å². The summed E-state index contributed by atoms with van der Waals surface area (Å²) in [6.45, 7) is 12.2. The molecule has 170 valence electrons. The fourth-order valence-corrected chi connectivity index (χ4v) is 6.51. The standard InChI is InChI=1S/C23H33N3O4S/c1-17(2)13-26-15-23(16-29-21-7-5-6-8-22(21)31(26,27)28)9-11-25(12-10-23)14-20-18(3)24-30-19(20)4/h5-8,17H,9-16H2,1-4H3. The van der Waals surface area contributed by atoms with Crippen LogP contribution in [0, 0.1) is 25.2 Å². The first kappa shape index (κ1) is 22.3. The van der Waals surface area contributed by atoms with Crippen molar-refractivity contribution in [2.45, 2.75) is 52.0 Å². The topological polar surface area (TPSA) is 75.9 Å². The van der Waals surface area contributed by atoms with Crippen LogP contribution in [0.25, 0.3) is 0 Å². The van der Waals surface area contributed by atoms with Gasteiger partial charge < -0.3 is 9.26 Å². The number of nitrogens with zero attached hydrogens (tertiary/aromatic N) is 3. The largest absolute Gasteiger partial charge is 0.492 e. The molecule has 4 rings (SSSR count). The normalized spacial score (nSPS) is 21.5. The molecule has 0 radical (unpaired) electrons. The van der Waals surface area contributed by atoms with Crippen molar-refractivity contribution in [3.63, 3.8) is 0 Å². The summed E-state index contributed by atoms with van der Waals surface area (Å²) in [7, 11) is -3.60. The van der Waals surface area contributed by atoms with Crippen molar-refractivity contribution < 1.29 is 17.7 Å². The summed E-state index contributed by atoms with van der Waals surface area (Å²) in [5, 5.41) is 4.07. The van der Waals surface area contributed by atoms with Gasteiger partial charge in [-0.05, 0) is 57.8 Å². The number of aromatic nitrogens is 1. The van der Waals surface area contributed by atoms with Gasteiger partial charge in [-0.25, -0.2) is 8.42 Å². The highest BCUT2D eigenvalue weighted by molar-refractivity contribution is 7.89. The summed E-state index contributed by atoms with van der Waals surface area (Å²) < 4.78 is 40.2. The van der Waals surface area contributed by atoms with Gasteiger partial charge in [0.2, 0.25) is 10.0 Å². The minimum absolute atomic E-state index is 0.190. The maximum absolute atomic E-state index is 13.5. The van der Waals surface area contributed by atoms with E-state index < -0.39 is 10.0 Å². The Bertz CT molecular complexity index is 1000. The smallest absolute Gasteiger partial charge is 0.246 e. The second-order valence-corrected chi connectivity index (χ2v) is 11.4. The summed E-state index contributed by atoms with van der Waals surface area (Å²) in [5.41, 5.74) is 1.91. The van der Waals surface area contributed by atoms with E-state index in [2.05, 4.69) is 23.9 Å². The van der Waals surface area contributed by atoms with Crippen LogP contribution < -0.4 is 4.74 Å². The lowest BCUT2D eigenvalue weighted by molar-refractivity contribution is 0.0309. The van der Waals surface area contributed by atoms with Crippen molar-refractivity contribution in [3.8, 4) is 5.75 Å². The lowest BCUT2D eigenvalue weighted by Gasteiger charge is -2.45. The van der Waals surface area contributed by atoms with Crippen molar-refractivity contribution in [1.29, 1.82) is 0 Å². The first-order chi connectivity index (χ1) is 14.7. The highest BCUT2D eigenvalue weighted by Gasteiger charge is 2.43. The molecule has 0 N–H and O–H groups in total. The maximum Gasteiger partial charge on any atom is 0.246 e. The summed E-state index contributed by atoms with van der Waals surface area (Å²) in [6.07, 6.45) is 1.78. The molecular formula is C23H33N3O4S. The second-order valence-electron chi connectivity index (χ2n) is 9.51. The molecule has 1 spiro atoms. The van der Waals surface area contributed by atoms with E-state index in [-0.39, 0.29) is 16.2 Å². The first-order valence-corrected chi connectivity index (χ1v) is 12.5. The number of likely N-dealkylation sites (tertiary alicyclic amines) is 1. The Morgan fingerprint density at radius 2 is 1.87 bits per heavy atom. The lowest BCUT2D eigenvalue weighted by Crippen LogP contribution is -2.52. The third kappa shape index (κ3) is 4.52. The molecule has 0 saturated carbocycles. The van der Waals surface area contributed by atoms with Crippen molar-refractivity contribution in [1.82, 2.24) is 14.4 Å². The van der Waals surface area contributed by atoms with Crippen LogP contribution in [0.4, 0.5) is 0 Å². The van der Waals surface area contributed by atoms with E-state index in [0.717, 1.165) is 49.5 Å². The van der Waals surface area contributed by atoms with Gasteiger partial charge in [-0.3, -0.25) is 4.90 Å². The SMILES string of the molecule is Cc1noc(C)c1CN1CCC2(CC1)COc1ccccc1S(=O)(=O)N(CC(C)C)C2. The molecule has 1 saturated heterocycles. The fraction of sp³-hybridized carbons (Fsp3) is 0.609. The Balaban J connectivity index is 1.56. The number of sulfonamides is 1. The Morgan fingerprint density at radius 3 is 2.52 bits per heavy atom. The second kappa shape index (κ2) is 8.56. The van der Waals surface area contributed by atoms with Gasteiger partial charge in [0.25, 0.3) is 0 Å². The average Bonchev–Trinajstić information content (AvgIpc) is 3.05. The van der Waals surface area contributed by atoms with Crippen LogP contribution in [0.3, 0.4) is 0 Å². The zero-order valence-electron chi connectivity index (χ0n) is 18.9. The third-order valence-corrected chi connectivity index (χ3v) is 8.41. The number of benzene rings is 1. The Labute approximate surface area is 185 Å². The van der Waals surface area contributed by atoms with Crippen LogP contribution in [0.1, 0.15) is 43.7 Å². The molecule has 0 aliphatic carbocycles. The zero-order chi connectivity index (χ0) is 22.2. The highest BCUT2D eigenvalue weighted by Crippen LogP contribution is 2.39. The number of aryl methyl sites for hydroxylation is 2. The summed E-state index contributed by atoms with van der Waals surface area (Å²) >= 11 is 0. The third-order valence-electron chi connectivity index (χ3n) is 6.56. The van der Waals surface area contributed by atoms with Gasteiger partial charge in [0.15, 0.2) is 0 Å². The van der Waals surface area contributed by atoms with Crippen molar-refractivity contribution in [3.05, 3.63) is 41.3 Å². The Hall–Kier alpha value is -1.90. The molecule has 2 aromatic rings. The predicted molar refractivity (Wildman–Crippen MR) is 118 cm³/mol. The van der Waals surface area contributed by atoms with Crippen LogP contribution >= 0.6 is 0 Å². The summed E-state index contributed by atoms with van der Waals surface area (Å²) in [4.78, 5) is 2.69. The summed E-state index contributed by atoms with van der Waals surface area (Å²) in [5.74, 6) is 1.59.